The number of anilines is 1. The maximum Gasteiger partial charge on any atom is 0.273 e. The Balaban J connectivity index is 2.02. The molecule has 0 aliphatic heterocycles. The summed E-state index contributed by atoms with van der Waals surface area (Å²) in [5.41, 5.74) is 0. The largest absolute Gasteiger partial charge is 0.314 e. The second-order valence-electron chi connectivity index (χ2n) is 4.96. The van der Waals surface area contributed by atoms with Gasteiger partial charge in [0.2, 0.25) is 0 Å². The van der Waals surface area contributed by atoms with Crippen LogP contribution >= 0.6 is 22.7 Å². The minimum atomic E-state index is -3.52. The van der Waals surface area contributed by atoms with Gasteiger partial charge in [0.1, 0.15) is 4.21 Å². The summed E-state index contributed by atoms with van der Waals surface area (Å²) in [6, 6.07) is 3.95. The molecule has 0 aliphatic rings. The van der Waals surface area contributed by atoms with Gasteiger partial charge in [0, 0.05) is 28.5 Å². The third kappa shape index (κ3) is 4.77. The Morgan fingerprint density at radius 1 is 1.29 bits per heavy atom. The van der Waals surface area contributed by atoms with Gasteiger partial charge in [-0.3, -0.25) is 4.72 Å². The first kappa shape index (κ1) is 16.4. The summed E-state index contributed by atoms with van der Waals surface area (Å²) >= 11 is 2.63. The average molecular weight is 346 g/mol. The van der Waals surface area contributed by atoms with Gasteiger partial charge in [-0.25, -0.2) is 13.4 Å². The smallest absolute Gasteiger partial charge is 0.273 e. The van der Waals surface area contributed by atoms with Gasteiger partial charge in [0.05, 0.1) is 0 Å². The minimum absolute atomic E-state index is 0.329. The molecule has 116 valence electrons. The molecule has 2 rings (SSSR count). The molecule has 0 saturated carbocycles. The molecule has 0 aromatic carbocycles. The molecule has 0 spiro atoms. The first-order valence-electron chi connectivity index (χ1n) is 6.64. The summed E-state index contributed by atoms with van der Waals surface area (Å²) in [6.07, 6.45) is 2.48. The molecule has 0 amide bonds. The van der Waals surface area contributed by atoms with Gasteiger partial charge in [-0.05, 0) is 25.5 Å². The van der Waals surface area contributed by atoms with Crippen molar-refractivity contribution in [3.63, 3.8) is 0 Å². The van der Waals surface area contributed by atoms with E-state index in [0.717, 1.165) is 22.7 Å². The number of hydrogen-bond acceptors (Lipinski definition) is 6. The van der Waals surface area contributed by atoms with Gasteiger partial charge in [-0.1, -0.05) is 13.8 Å². The Kier molecular flexibility index (Phi) is 5.37. The number of sulfonamides is 1. The molecular formula is C13H19N3O2S3. The zero-order valence-electron chi connectivity index (χ0n) is 12.2. The number of aryl methyl sites for hydroxylation is 1. The van der Waals surface area contributed by atoms with Gasteiger partial charge in [-0.15, -0.1) is 22.7 Å². The number of thiazole rings is 1. The van der Waals surface area contributed by atoms with E-state index in [0.29, 0.717) is 15.4 Å². The highest BCUT2D eigenvalue weighted by atomic mass is 32.2. The lowest BCUT2D eigenvalue weighted by Crippen LogP contribution is -2.24. The fourth-order valence-electron chi connectivity index (χ4n) is 1.69. The van der Waals surface area contributed by atoms with Crippen LogP contribution in [0.2, 0.25) is 0 Å². The normalized spacial score (nSPS) is 12.0. The van der Waals surface area contributed by atoms with E-state index >= 15 is 0 Å². The molecule has 0 saturated heterocycles. The Hall–Kier alpha value is -0.960. The highest BCUT2D eigenvalue weighted by Gasteiger charge is 2.18. The van der Waals surface area contributed by atoms with Gasteiger partial charge in [0.25, 0.3) is 10.0 Å². The monoisotopic (exact) mass is 345 g/mol. The molecule has 5 nitrogen and oxygen atoms in total. The van der Waals surface area contributed by atoms with E-state index in [-0.39, 0.29) is 0 Å². The number of thiophene rings is 1. The van der Waals surface area contributed by atoms with Crippen LogP contribution in [0.3, 0.4) is 0 Å². The lowest BCUT2D eigenvalue weighted by atomic mass is 10.3. The van der Waals surface area contributed by atoms with Crippen LogP contribution in [-0.2, 0) is 16.4 Å². The molecule has 0 fully saturated rings. The molecule has 0 radical (unpaired) electrons. The minimum Gasteiger partial charge on any atom is -0.314 e. The maximum absolute atomic E-state index is 12.3. The lowest BCUT2D eigenvalue weighted by Gasteiger charge is -2.06. The highest BCUT2D eigenvalue weighted by molar-refractivity contribution is 7.94. The van der Waals surface area contributed by atoms with E-state index < -0.39 is 10.0 Å². The first-order valence-corrected chi connectivity index (χ1v) is 9.76. The number of hydrogen-bond donors (Lipinski definition) is 2. The molecule has 0 aliphatic carbocycles. The van der Waals surface area contributed by atoms with Gasteiger partial charge < -0.3 is 5.32 Å². The summed E-state index contributed by atoms with van der Waals surface area (Å²) in [7, 11) is -3.52. The fourth-order valence-corrected chi connectivity index (χ4v) is 4.95. The van der Waals surface area contributed by atoms with E-state index in [1.165, 1.54) is 22.7 Å². The van der Waals surface area contributed by atoms with Crippen LogP contribution in [0.15, 0.2) is 22.5 Å². The molecule has 2 aromatic heterocycles. The quantitative estimate of drug-likeness (QED) is 0.809. The predicted molar refractivity (Wildman–Crippen MR) is 88.8 cm³/mol. The van der Waals surface area contributed by atoms with Gasteiger partial charge >= 0.3 is 0 Å². The van der Waals surface area contributed by atoms with Crippen molar-refractivity contribution in [1.29, 1.82) is 0 Å². The van der Waals surface area contributed by atoms with Crippen LogP contribution in [0.1, 0.15) is 23.6 Å². The highest BCUT2D eigenvalue weighted by Crippen LogP contribution is 2.26. The Labute approximate surface area is 133 Å². The zero-order valence-corrected chi connectivity index (χ0v) is 14.7. The average Bonchev–Trinajstić information content (AvgIpc) is 2.98. The van der Waals surface area contributed by atoms with Crippen molar-refractivity contribution in [2.75, 3.05) is 11.3 Å². The summed E-state index contributed by atoms with van der Waals surface area (Å²) in [4.78, 5) is 6.05. The van der Waals surface area contributed by atoms with E-state index in [1.54, 1.807) is 12.3 Å². The van der Waals surface area contributed by atoms with Crippen LogP contribution in [0.25, 0.3) is 0 Å². The molecule has 0 unspecified atom stereocenters. The van der Waals surface area contributed by atoms with Crippen LogP contribution in [0.4, 0.5) is 5.13 Å². The van der Waals surface area contributed by atoms with Crippen molar-refractivity contribution < 1.29 is 8.42 Å². The zero-order chi connectivity index (χ0) is 15.5. The lowest BCUT2D eigenvalue weighted by molar-refractivity contribution is 0.592. The van der Waals surface area contributed by atoms with Crippen molar-refractivity contribution in [1.82, 2.24) is 10.3 Å². The molecule has 0 atom stereocenters. The molecule has 2 aromatic rings. The summed E-state index contributed by atoms with van der Waals surface area (Å²) in [6.45, 7) is 6.91. The fraction of sp³-hybridized carbons (Fsp3) is 0.462. The Morgan fingerprint density at radius 2 is 2.05 bits per heavy atom. The SMILES string of the molecule is Cc1cnc(NS(=O)(=O)c2ccc(CCNC(C)C)s2)s1. The Bertz CT molecular complexity index is 689. The second kappa shape index (κ2) is 6.87. The van der Waals surface area contributed by atoms with Crippen LogP contribution < -0.4 is 10.0 Å². The Morgan fingerprint density at radius 3 is 2.67 bits per heavy atom. The third-order valence-corrected chi connectivity index (χ3v) is 6.60. The van der Waals surface area contributed by atoms with E-state index in [1.807, 2.05) is 13.0 Å². The van der Waals surface area contributed by atoms with Crippen molar-refractivity contribution in [3.05, 3.63) is 28.1 Å². The third-order valence-electron chi connectivity index (χ3n) is 2.67. The molecule has 0 bridgehead atoms. The van der Waals surface area contributed by atoms with Crippen molar-refractivity contribution in [3.8, 4) is 0 Å². The first-order chi connectivity index (χ1) is 9.87. The van der Waals surface area contributed by atoms with Crippen LogP contribution in [-0.4, -0.2) is 26.0 Å². The second-order valence-corrected chi connectivity index (χ2v) is 9.27. The number of aromatic nitrogens is 1. The molecule has 21 heavy (non-hydrogen) atoms. The number of rotatable bonds is 7. The number of nitrogens with one attached hydrogen (secondary N) is 2. The maximum atomic E-state index is 12.3. The van der Waals surface area contributed by atoms with Crippen molar-refractivity contribution >= 4 is 37.8 Å². The van der Waals surface area contributed by atoms with Crippen molar-refractivity contribution in [2.45, 2.75) is 37.4 Å². The van der Waals surface area contributed by atoms with Crippen LogP contribution in [0.5, 0.6) is 0 Å². The molecule has 2 N–H and O–H groups in total. The van der Waals surface area contributed by atoms with E-state index in [2.05, 4.69) is 28.9 Å². The van der Waals surface area contributed by atoms with Crippen molar-refractivity contribution in [2.24, 2.45) is 0 Å². The summed E-state index contributed by atoms with van der Waals surface area (Å²) in [5, 5.41) is 3.72. The summed E-state index contributed by atoms with van der Waals surface area (Å²) < 4.78 is 27.4. The summed E-state index contributed by atoms with van der Waals surface area (Å²) in [5.74, 6) is 0. The molecule has 2 heterocycles. The molecule has 8 heteroatoms. The topological polar surface area (TPSA) is 71.1 Å². The van der Waals surface area contributed by atoms with Gasteiger partial charge in [0.15, 0.2) is 5.13 Å². The van der Waals surface area contributed by atoms with Crippen LogP contribution in [0, 0.1) is 6.92 Å². The molecular weight excluding hydrogens is 326 g/mol. The van der Waals surface area contributed by atoms with E-state index in [9.17, 15) is 8.42 Å². The van der Waals surface area contributed by atoms with E-state index in [4.69, 9.17) is 0 Å². The predicted octanol–water partition coefficient (Wildman–Crippen LogP) is 2.85. The standard InChI is InChI=1S/C13H19N3O2S3/c1-9(2)14-7-6-11-4-5-12(20-11)21(17,18)16-13-15-8-10(3)19-13/h4-5,8-9,14H,6-7H2,1-3H3,(H,15,16). The van der Waals surface area contributed by atoms with Gasteiger partial charge in [-0.2, -0.15) is 0 Å². The number of nitrogens with zero attached hydrogens (tertiary/aromatic N) is 1.